The molecule has 1 atom stereocenters. The first-order valence-electron chi connectivity index (χ1n) is 10.3. The second-order valence-electron chi connectivity index (χ2n) is 7.13. The van der Waals surface area contributed by atoms with Crippen LogP contribution in [-0.4, -0.2) is 80.8 Å². The summed E-state index contributed by atoms with van der Waals surface area (Å²) >= 11 is 0. The Kier molecular flexibility index (Phi) is 9.42. The Morgan fingerprint density at radius 1 is 1.11 bits per heavy atom. The third kappa shape index (κ3) is 7.77. The standard InChI is InChI=1S/C21H37N5O/c1-5-22-21(23-11-16-27-20-9-7-18(3)8-10-20)24-17-19(4)26-14-12-25(6-2)13-15-26/h7-10,19H,5-6,11-17H2,1-4H3,(H2,22,23,24). The molecule has 1 fully saturated rings. The molecule has 1 aliphatic rings. The van der Waals surface area contributed by atoms with Gasteiger partial charge < -0.3 is 20.3 Å². The second-order valence-corrected chi connectivity index (χ2v) is 7.13. The Morgan fingerprint density at radius 2 is 1.81 bits per heavy atom. The summed E-state index contributed by atoms with van der Waals surface area (Å²) in [5.74, 6) is 1.77. The monoisotopic (exact) mass is 375 g/mol. The molecule has 0 aromatic heterocycles. The van der Waals surface area contributed by atoms with Gasteiger partial charge in [-0.1, -0.05) is 24.6 Å². The number of ether oxygens (including phenoxy) is 1. The third-order valence-corrected chi connectivity index (χ3v) is 5.02. The molecule has 1 heterocycles. The van der Waals surface area contributed by atoms with Gasteiger partial charge in [0, 0.05) is 38.8 Å². The summed E-state index contributed by atoms with van der Waals surface area (Å²) in [6.45, 7) is 17.4. The maximum absolute atomic E-state index is 5.77. The molecule has 0 amide bonds. The van der Waals surface area contributed by atoms with Gasteiger partial charge in [0.25, 0.3) is 0 Å². The van der Waals surface area contributed by atoms with Crippen molar-refractivity contribution in [3.8, 4) is 5.75 Å². The van der Waals surface area contributed by atoms with Crippen LogP contribution in [-0.2, 0) is 0 Å². The van der Waals surface area contributed by atoms with Crippen LogP contribution < -0.4 is 15.4 Å². The summed E-state index contributed by atoms with van der Waals surface area (Å²) in [5, 5.41) is 6.68. The van der Waals surface area contributed by atoms with Crippen LogP contribution in [0.2, 0.25) is 0 Å². The van der Waals surface area contributed by atoms with Gasteiger partial charge in [-0.25, -0.2) is 0 Å². The average molecular weight is 376 g/mol. The number of hydrogen-bond donors (Lipinski definition) is 2. The van der Waals surface area contributed by atoms with Crippen molar-refractivity contribution >= 4 is 5.96 Å². The highest BCUT2D eigenvalue weighted by atomic mass is 16.5. The molecule has 0 spiro atoms. The lowest BCUT2D eigenvalue weighted by Gasteiger charge is -2.37. The smallest absolute Gasteiger partial charge is 0.191 e. The summed E-state index contributed by atoms with van der Waals surface area (Å²) in [7, 11) is 0. The van der Waals surface area contributed by atoms with E-state index in [-0.39, 0.29) is 0 Å². The van der Waals surface area contributed by atoms with E-state index < -0.39 is 0 Å². The molecule has 0 aliphatic carbocycles. The van der Waals surface area contributed by atoms with Crippen molar-refractivity contribution in [2.75, 3.05) is 59.0 Å². The molecule has 1 aromatic rings. The highest BCUT2D eigenvalue weighted by Gasteiger charge is 2.19. The molecule has 6 heteroatoms. The van der Waals surface area contributed by atoms with E-state index in [1.165, 1.54) is 18.7 Å². The fraction of sp³-hybridized carbons (Fsp3) is 0.667. The zero-order chi connectivity index (χ0) is 19.5. The zero-order valence-corrected chi connectivity index (χ0v) is 17.5. The number of likely N-dealkylation sites (N-methyl/N-ethyl adjacent to an activating group) is 1. The van der Waals surface area contributed by atoms with Crippen LogP contribution in [0.4, 0.5) is 0 Å². The summed E-state index contributed by atoms with van der Waals surface area (Å²) in [4.78, 5) is 9.82. The van der Waals surface area contributed by atoms with Gasteiger partial charge in [-0.3, -0.25) is 9.89 Å². The van der Waals surface area contributed by atoms with Gasteiger partial charge in [0.1, 0.15) is 12.4 Å². The highest BCUT2D eigenvalue weighted by molar-refractivity contribution is 5.79. The molecule has 1 aliphatic heterocycles. The molecule has 6 nitrogen and oxygen atoms in total. The SMILES string of the molecule is CCNC(=NCC(C)N1CCN(CC)CC1)NCCOc1ccc(C)cc1. The molecule has 1 saturated heterocycles. The van der Waals surface area contributed by atoms with Gasteiger partial charge in [-0.15, -0.1) is 0 Å². The quantitative estimate of drug-likeness (QED) is 0.393. The number of aliphatic imine (C=N–C) groups is 1. The first kappa shape index (κ1) is 21.5. The zero-order valence-electron chi connectivity index (χ0n) is 17.5. The lowest BCUT2D eigenvalue weighted by molar-refractivity contribution is 0.109. The Bertz CT molecular complexity index is 552. The van der Waals surface area contributed by atoms with Gasteiger partial charge in [0.15, 0.2) is 5.96 Å². The maximum Gasteiger partial charge on any atom is 0.191 e. The van der Waals surface area contributed by atoms with Crippen molar-refractivity contribution in [1.82, 2.24) is 20.4 Å². The van der Waals surface area contributed by atoms with E-state index in [1.807, 2.05) is 12.1 Å². The summed E-state index contributed by atoms with van der Waals surface area (Å²) in [6.07, 6.45) is 0. The predicted molar refractivity (Wildman–Crippen MR) is 114 cm³/mol. The molecular weight excluding hydrogens is 338 g/mol. The molecule has 2 rings (SSSR count). The van der Waals surface area contributed by atoms with Crippen LogP contribution in [0.1, 0.15) is 26.3 Å². The fourth-order valence-corrected chi connectivity index (χ4v) is 3.17. The predicted octanol–water partition coefficient (Wildman–Crippen LogP) is 1.95. The van der Waals surface area contributed by atoms with E-state index in [2.05, 4.69) is 60.3 Å². The summed E-state index contributed by atoms with van der Waals surface area (Å²) < 4.78 is 5.77. The number of hydrogen-bond acceptors (Lipinski definition) is 4. The fourth-order valence-electron chi connectivity index (χ4n) is 3.17. The summed E-state index contributed by atoms with van der Waals surface area (Å²) in [5.41, 5.74) is 1.24. The lowest BCUT2D eigenvalue weighted by Crippen LogP contribution is -2.50. The van der Waals surface area contributed by atoms with Crippen molar-refractivity contribution in [3.05, 3.63) is 29.8 Å². The van der Waals surface area contributed by atoms with E-state index in [0.29, 0.717) is 12.6 Å². The Hall–Kier alpha value is -1.79. The first-order valence-corrected chi connectivity index (χ1v) is 10.3. The van der Waals surface area contributed by atoms with Crippen LogP contribution in [0.5, 0.6) is 5.75 Å². The van der Waals surface area contributed by atoms with Crippen molar-refractivity contribution in [2.45, 2.75) is 33.7 Å². The van der Waals surface area contributed by atoms with E-state index in [0.717, 1.165) is 51.0 Å². The third-order valence-electron chi connectivity index (χ3n) is 5.02. The van der Waals surface area contributed by atoms with Crippen LogP contribution in [0.25, 0.3) is 0 Å². The number of nitrogens with zero attached hydrogens (tertiary/aromatic N) is 3. The van der Waals surface area contributed by atoms with E-state index >= 15 is 0 Å². The molecule has 1 aromatic carbocycles. The number of benzene rings is 1. The highest BCUT2D eigenvalue weighted by Crippen LogP contribution is 2.10. The van der Waals surface area contributed by atoms with Crippen LogP contribution in [0.3, 0.4) is 0 Å². The van der Waals surface area contributed by atoms with Gasteiger partial charge in [-0.05, 0) is 39.4 Å². The Balaban J connectivity index is 1.72. The van der Waals surface area contributed by atoms with E-state index in [1.54, 1.807) is 0 Å². The van der Waals surface area contributed by atoms with Gasteiger partial charge in [0.05, 0.1) is 13.1 Å². The van der Waals surface area contributed by atoms with Gasteiger partial charge in [-0.2, -0.15) is 0 Å². The molecular formula is C21H37N5O. The van der Waals surface area contributed by atoms with Crippen molar-refractivity contribution in [3.63, 3.8) is 0 Å². The molecule has 0 bridgehead atoms. The second kappa shape index (κ2) is 11.8. The first-order chi connectivity index (χ1) is 13.1. The Morgan fingerprint density at radius 3 is 2.44 bits per heavy atom. The molecule has 0 radical (unpaired) electrons. The molecule has 2 N–H and O–H groups in total. The summed E-state index contributed by atoms with van der Waals surface area (Å²) in [6, 6.07) is 8.61. The molecule has 152 valence electrons. The lowest BCUT2D eigenvalue weighted by atomic mass is 10.2. The van der Waals surface area contributed by atoms with Crippen molar-refractivity contribution in [1.29, 1.82) is 0 Å². The minimum atomic E-state index is 0.461. The number of rotatable bonds is 9. The van der Waals surface area contributed by atoms with Crippen molar-refractivity contribution in [2.24, 2.45) is 4.99 Å². The maximum atomic E-state index is 5.77. The minimum absolute atomic E-state index is 0.461. The molecule has 27 heavy (non-hydrogen) atoms. The van der Waals surface area contributed by atoms with Gasteiger partial charge in [0.2, 0.25) is 0 Å². The number of aryl methyl sites for hydroxylation is 1. The van der Waals surface area contributed by atoms with E-state index in [4.69, 9.17) is 9.73 Å². The minimum Gasteiger partial charge on any atom is -0.492 e. The van der Waals surface area contributed by atoms with E-state index in [9.17, 15) is 0 Å². The number of piperazine rings is 1. The van der Waals surface area contributed by atoms with Crippen LogP contribution >= 0.6 is 0 Å². The van der Waals surface area contributed by atoms with Gasteiger partial charge >= 0.3 is 0 Å². The average Bonchev–Trinajstić information content (AvgIpc) is 2.70. The van der Waals surface area contributed by atoms with Crippen LogP contribution in [0.15, 0.2) is 29.3 Å². The topological polar surface area (TPSA) is 52.1 Å². The molecule has 1 unspecified atom stereocenters. The number of guanidine groups is 1. The normalized spacial score (nSPS) is 17.6. The largest absolute Gasteiger partial charge is 0.492 e. The number of nitrogens with one attached hydrogen (secondary N) is 2. The molecule has 0 saturated carbocycles. The Labute approximate surface area is 165 Å². The van der Waals surface area contributed by atoms with Crippen LogP contribution in [0, 0.1) is 6.92 Å². The van der Waals surface area contributed by atoms with Crippen molar-refractivity contribution < 1.29 is 4.74 Å².